The summed E-state index contributed by atoms with van der Waals surface area (Å²) in [7, 11) is 0. The maximum absolute atomic E-state index is 12.8. The third kappa shape index (κ3) is 4.01. The molecule has 1 aliphatic carbocycles. The first-order valence-corrected chi connectivity index (χ1v) is 10.9. The highest BCUT2D eigenvalue weighted by Gasteiger charge is 2.26. The van der Waals surface area contributed by atoms with Crippen molar-refractivity contribution in [1.82, 2.24) is 9.88 Å². The van der Waals surface area contributed by atoms with E-state index in [1.165, 1.54) is 30.4 Å². The van der Waals surface area contributed by atoms with Gasteiger partial charge in [-0.15, -0.1) is 0 Å². The van der Waals surface area contributed by atoms with Crippen LogP contribution in [0.25, 0.3) is 11.1 Å². The number of nitrogens with one attached hydrogen (secondary N) is 1. The molecule has 1 saturated carbocycles. The summed E-state index contributed by atoms with van der Waals surface area (Å²) in [5.41, 5.74) is 6.45. The number of hydrogen-bond acceptors (Lipinski definition) is 3. The number of rotatable bonds is 4. The zero-order valence-electron chi connectivity index (χ0n) is 17.2. The Morgan fingerprint density at radius 1 is 0.933 bits per heavy atom. The van der Waals surface area contributed by atoms with Gasteiger partial charge in [-0.05, 0) is 78.3 Å². The molecule has 4 nitrogen and oxygen atoms in total. The van der Waals surface area contributed by atoms with E-state index in [0.29, 0.717) is 5.56 Å². The van der Waals surface area contributed by atoms with Gasteiger partial charge in [0, 0.05) is 42.8 Å². The van der Waals surface area contributed by atoms with Gasteiger partial charge in [0.05, 0.1) is 0 Å². The van der Waals surface area contributed by atoms with Crippen molar-refractivity contribution in [3.8, 4) is 11.1 Å². The van der Waals surface area contributed by atoms with Crippen LogP contribution in [0.15, 0.2) is 67.0 Å². The van der Waals surface area contributed by atoms with Crippen LogP contribution in [0.2, 0.25) is 0 Å². The summed E-state index contributed by atoms with van der Waals surface area (Å²) in [6, 6.07) is 18.8. The van der Waals surface area contributed by atoms with Gasteiger partial charge in [0.25, 0.3) is 5.91 Å². The zero-order valence-corrected chi connectivity index (χ0v) is 17.2. The van der Waals surface area contributed by atoms with Gasteiger partial charge in [0.1, 0.15) is 0 Å². The first-order chi connectivity index (χ1) is 14.8. The van der Waals surface area contributed by atoms with Gasteiger partial charge in [0.2, 0.25) is 0 Å². The van der Waals surface area contributed by atoms with Gasteiger partial charge in [-0.2, -0.15) is 0 Å². The number of carbonyl (C=O) groups is 1. The molecule has 0 unspecified atom stereocenters. The topological polar surface area (TPSA) is 45.2 Å². The molecule has 0 bridgehead atoms. The highest BCUT2D eigenvalue weighted by atomic mass is 16.1. The van der Waals surface area contributed by atoms with Gasteiger partial charge >= 0.3 is 0 Å². The number of carbonyl (C=O) groups excluding carboxylic acids is 1. The Labute approximate surface area is 178 Å². The molecule has 4 heteroatoms. The lowest BCUT2D eigenvalue weighted by atomic mass is 9.91. The molecule has 152 valence electrons. The number of pyridine rings is 1. The second-order valence-corrected chi connectivity index (χ2v) is 8.38. The minimum Gasteiger partial charge on any atom is -0.322 e. The molecule has 2 heterocycles. The van der Waals surface area contributed by atoms with Crippen molar-refractivity contribution in [2.24, 2.45) is 0 Å². The third-order valence-electron chi connectivity index (χ3n) is 6.53. The first kappa shape index (κ1) is 19.0. The maximum Gasteiger partial charge on any atom is 0.255 e. The van der Waals surface area contributed by atoms with Crippen LogP contribution >= 0.6 is 0 Å². The van der Waals surface area contributed by atoms with E-state index >= 15 is 0 Å². The fourth-order valence-electron chi connectivity index (χ4n) is 4.49. The van der Waals surface area contributed by atoms with Crippen molar-refractivity contribution in [2.45, 2.75) is 38.1 Å². The van der Waals surface area contributed by atoms with Crippen molar-refractivity contribution in [3.05, 3.63) is 83.7 Å². The Balaban J connectivity index is 1.26. The van der Waals surface area contributed by atoms with Gasteiger partial charge in [-0.3, -0.25) is 14.7 Å². The average molecular weight is 398 g/mol. The molecule has 0 atom stereocenters. The summed E-state index contributed by atoms with van der Waals surface area (Å²) in [6.45, 7) is 2.29. The molecule has 1 fully saturated rings. The van der Waals surface area contributed by atoms with E-state index < -0.39 is 0 Å². The lowest BCUT2D eigenvalue weighted by Gasteiger charge is -2.36. The monoisotopic (exact) mass is 397 g/mol. The van der Waals surface area contributed by atoms with Crippen LogP contribution in [-0.2, 0) is 12.8 Å². The average Bonchev–Trinajstić information content (AvgIpc) is 2.96. The highest BCUT2D eigenvalue weighted by molar-refractivity contribution is 6.04. The van der Waals surface area contributed by atoms with E-state index in [0.717, 1.165) is 48.8 Å². The third-order valence-corrected chi connectivity index (χ3v) is 6.53. The second-order valence-electron chi connectivity index (χ2n) is 8.38. The Bertz CT molecular complexity index is 1030. The summed E-state index contributed by atoms with van der Waals surface area (Å²) in [5, 5.41) is 3.08. The van der Waals surface area contributed by atoms with Crippen molar-refractivity contribution >= 4 is 11.6 Å². The standard InChI is InChI=1S/C26H27N3O/c30-26(21-8-6-19(7-9-21)23-3-2-14-27-18-23)28-24-11-10-20-12-15-29(25-4-1-5-25)16-13-22(20)17-24/h2-3,6-11,14,17-18,25H,1,4-5,12-13,15-16H2,(H,28,30). The van der Waals surface area contributed by atoms with Crippen molar-refractivity contribution in [2.75, 3.05) is 18.4 Å². The predicted molar refractivity (Wildman–Crippen MR) is 121 cm³/mol. The molecule has 0 spiro atoms. The first-order valence-electron chi connectivity index (χ1n) is 10.9. The SMILES string of the molecule is O=C(Nc1ccc2c(c1)CCN(C1CCC1)CC2)c1ccc(-c2cccnc2)cc1. The summed E-state index contributed by atoms with van der Waals surface area (Å²) >= 11 is 0. The van der Waals surface area contributed by atoms with Crippen molar-refractivity contribution in [1.29, 1.82) is 0 Å². The quantitative estimate of drug-likeness (QED) is 0.677. The van der Waals surface area contributed by atoms with Gasteiger partial charge in [0.15, 0.2) is 0 Å². The molecule has 3 aromatic rings. The number of aromatic nitrogens is 1. The van der Waals surface area contributed by atoms with E-state index in [9.17, 15) is 4.79 Å². The Kier molecular flexibility index (Phi) is 5.33. The largest absolute Gasteiger partial charge is 0.322 e. The normalized spacial score (nSPS) is 16.9. The van der Waals surface area contributed by atoms with Crippen LogP contribution in [-0.4, -0.2) is 34.9 Å². The van der Waals surface area contributed by atoms with Crippen LogP contribution < -0.4 is 5.32 Å². The van der Waals surface area contributed by atoms with Gasteiger partial charge < -0.3 is 5.32 Å². The minimum atomic E-state index is -0.0718. The molecule has 2 aromatic carbocycles. The number of fused-ring (bicyclic) bond motifs is 1. The fourth-order valence-corrected chi connectivity index (χ4v) is 4.49. The molecular weight excluding hydrogens is 370 g/mol. The number of anilines is 1. The van der Waals surface area contributed by atoms with Gasteiger partial charge in [-0.25, -0.2) is 0 Å². The number of benzene rings is 2. The Morgan fingerprint density at radius 3 is 2.43 bits per heavy atom. The molecular formula is C26H27N3O. The summed E-state index contributed by atoms with van der Waals surface area (Å²) < 4.78 is 0. The van der Waals surface area contributed by atoms with E-state index in [-0.39, 0.29) is 5.91 Å². The summed E-state index contributed by atoms with van der Waals surface area (Å²) in [5.74, 6) is -0.0718. The molecule has 1 amide bonds. The molecule has 0 radical (unpaired) electrons. The zero-order chi connectivity index (χ0) is 20.3. The molecule has 1 N–H and O–H groups in total. The number of hydrogen-bond donors (Lipinski definition) is 1. The van der Waals surface area contributed by atoms with E-state index in [1.54, 1.807) is 6.20 Å². The molecule has 1 aromatic heterocycles. The lowest BCUT2D eigenvalue weighted by Crippen LogP contribution is -2.41. The van der Waals surface area contributed by atoms with Crippen LogP contribution in [0, 0.1) is 0 Å². The van der Waals surface area contributed by atoms with Crippen LogP contribution in [0.1, 0.15) is 40.7 Å². The second kappa shape index (κ2) is 8.41. The Morgan fingerprint density at radius 2 is 1.73 bits per heavy atom. The summed E-state index contributed by atoms with van der Waals surface area (Å²) in [4.78, 5) is 19.6. The predicted octanol–water partition coefficient (Wildman–Crippen LogP) is 4.95. The van der Waals surface area contributed by atoms with E-state index in [2.05, 4.69) is 27.3 Å². The number of nitrogens with zero attached hydrogens (tertiary/aromatic N) is 2. The van der Waals surface area contributed by atoms with Crippen LogP contribution in [0.5, 0.6) is 0 Å². The minimum absolute atomic E-state index is 0.0718. The summed E-state index contributed by atoms with van der Waals surface area (Å²) in [6.07, 6.45) is 9.86. The van der Waals surface area contributed by atoms with Crippen LogP contribution in [0.3, 0.4) is 0 Å². The molecule has 1 aliphatic heterocycles. The highest BCUT2D eigenvalue weighted by Crippen LogP contribution is 2.28. The molecule has 30 heavy (non-hydrogen) atoms. The van der Waals surface area contributed by atoms with Crippen molar-refractivity contribution < 1.29 is 4.79 Å². The maximum atomic E-state index is 12.8. The smallest absolute Gasteiger partial charge is 0.255 e. The van der Waals surface area contributed by atoms with E-state index in [4.69, 9.17) is 0 Å². The number of amides is 1. The van der Waals surface area contributed by atoms with Crippen LogP contribution in [0.4, 0.5) is 5.69 Å². The van der Waals surface area contributed by atoms with Crippen molar-refractivity contribution in [3.63, 3.8) is 0 Å². The van der Waals surface area contributed by atoms with E-state index in [1.807, 2.05) is 48.7 Å². The van der Waals surface area contributed by atoms with Gasteiger partial charge in [-0.1, -0.05) is 30.7 Å². The molecule has 0 saturated heterocycles. The lowest BCUT2D eigenvalue weighted by molar-refractivity contribution is 0.102. The Hall–Kier alpha value is -2.98. The molecule has 5 rings (SSSR count). The fraction of sp³-hybridized carbons (Fsp3) is 0.308. The molecule has 2 aliphatic rings.